The van der Waals surface area contributed by atoms with Crippen molar-refractivity contribution in [2.75, 3.05) is 7.05 Å². The Bertz CT molecular complexity index is 1240. The molecule has 2 N–H and O–H groups in total. The van der Waals surface area contributed by atoms with Gasteiger partial charge in [-0.1, -0.05) is 54.6 Å². The number of hydrogen-bond acceptors (Lipinski definition) is 5. The van der Waals surface area contributed by atoms with Crippen LogP contribution in [-0.2, 0) is 27.3 Å². The predicted molar refractivity (Wildman–Crippen MR) is 160 cm³/mol. The Balaban J connectivity index is 1.84. The molecule has 0 aliphatic carbocycles. The molecule has 3 rings (SSSR count). The van der Waals surface area contributed by atoms with Gasteiger partial charge in [0.05, 0.1) is 12.6 Å². The standard InChI is InChI=1S/C31H37IN2O5/c1-21(28(24-13-7-6-8-14-24)38-20-23-12-9-15-25(32)17-23)34(5)29(36)27(33-30(37)39-31(2,3)4)19-22-11-10-16-26(35)18-22/h6-18,21,27-28,35H,19-20H2,1-5H3,(H,33,37)/t21-,27+,28-/m1/s1. The van der Waals surface area contributed by atoms with Crippen molar-refractivity contribution in [3.8, 4) is 5.75 Å². The zero-order chi connectivity index (χ0) is 28.6. The summed E-state index contributed by atoms with van der Waals surface area (Å²) >= 11 is 2.27. The fourth-order valence-corrected chi connectivity index (χ4v) is 4.80. The van der Waals surface area contributed by atoms with Crippen LogP contribution in [0.15, 0.2) is 78.9 Å². The molecule has 0 spiro atoms. The van der Waals surface area contributed by atoms with Crippen LogP contribution < -0.4 is 5.32 Å². The van der Waals surface area contributed by atoms with Crippen LogP contribution in [0.25, 0.3) is 0 Å². The molecule has 0 bridgehead atoms. The number of ether oxygens (including phenoxy) is 2. The first kappa shape index (κ1) is 30.4. The molecule has 0 aromatic heterocycles. The lowest BCUT2D eigenvalue weighted by molar-refractivity contribution is -0.137. The summed E-state index contributed by atoms with van der Waals surface area (Å²) in [4.78, 5) is 28.2. The lowest BCUT2D eigenvalue weighted by Crippen LogP contribution is -2.52. The number of amides is 2. The molecule has 0 heterocycles. The van der Waals surface area contributed by atoms with Gasteiger partial charge in [0.2, 0.25) is 5.91 Å². The summed E-state index contributed by atoms with van der Waals surface area (Å²) in [6.07, 6.45) is -0.916. The van der Waals surface area contributed by atoms with Crippen molar-refractivity contribution in [3.05, 3.63) is 99.1 Å². The number of likely N-dealkylation sites (N-methyl/N-ethyl adjacent to an activating group) is 1. The first-order chi connectivity index (χ1) is 18.4. The van der Waals surface area contributed by atoms with Crippen LogP contribution in [0.2, 0.25) is 0 Å². The summed E-state index contributed by atoms with van der Waals surface area (Å²) in [6.45, 7) is 7.61. The molecule has 3 atom stereocenters. The van der Waals surface area contributed by atoms with E-state index in [4.69, 9.17) is 9.47 Å². The molecule has 8 heteroatoms. The Morgan fingerprint density at radius 2 is 1.64 bits per heavy atom. The average molecular weight is 645 g/mol. The second-order valence-corrected chi connectivity index (χ2v) is 11.8. The van der Waals surface area contributed by atoms with Crippen LogP contribution in [0.4, 0.5) is 4.79 Å². The molecule has 0 unspecified atom stereocenters. The summed E-state index contributed by atoms with van der Waals surface area (Å²) in [5.41, 5.74) is 1.97. The summed E-state index contributed by atoms with van der Waals surface area (Å²) in [6, 6.07) is 23.3. The third-order valence-corrected chi connectivity index (χ3v) is 6.85. The van der Waals surface area contributed by atoms with E-state index in [9.17, 15) is 14.7 Å². The van der Waals surface area contributed by atoms with Crippen LogP contribution in [0.5, 0.6) is 5.75 Å². The van der Waals surface area contributed by atoms with Crippen molar-refractivity contribution in [1.29, 1.82) is 0 Å². The number of phenols is 1. The summed E-state index contributed by atoms with van der Waals surface area (Å²) < 4.78 is 13.0. The van der Waals surface area contributed by atoms with Crippen molar-refractivity contribution >= 4 is 34.6 Å². The molecule has 2 amide bonds. The van der Waals surface area contributed by atoms with E-state index in [0.717, 1.165) is 14.7 Å². The van der Waals surface area contributed by atoms with Crippen LogP contribution in [0.1, 0.15) is 50.5 Å². The van der Waals surface area contributed by atoms with Crippen molar-refractivity contribution < 1.29 is 24.2 Å². The summed E-state index contributed by atoms with van der Waals surface area (Å²) in [5.74, 6) is -0.207. The minimum Gasteiger partial charge on any atom is -0.508 e. The fraction of sp³-hybridized carbons (Fsp3) is 0.355. The lowest BCUT2D eigenvalue weighted by atomic mass is 10.00. The maximum absolute atomic E-state index is 13.9. The largest absolute Gasteiger partial charge is 0.508 e. The number of nitrogens with one attached hydrogen (secondary N) is 1. The second kappa shape index (κ2) is 13.8. The van der Waals surface area contributed by atoms with E-state index in [1.54, 1.807) is 57.0 Å². The highest BCUT2D eigenvalue weighted by atomic mass is 127. The van der Waals surface area contributed by atoms with Gasteiger partial charge in [-0.25, -0.2) is 4.79 Å². The normalized spacial score (nSPS) is 13.7. The minimum absolute atomic E-state index is 0.0887. The molecule has 0 radical (unpaired) electrons. The number of hydrogen-bond donors (Lipinski definition) is 2. The molecule has 208 valence electrons. The van der Waals surface area contributed by atoms with Crippen LogP contribution >= 0.6 is 22.6 Å². The van der Waals surface area contributed by atoms with E-state index in [-0.39, 0.29) is 24.1 Å². The number of rotatable bonds is 10. The topological polar surface area (TPSA) is 88.1 Å². The van der Waals surface area contributed by atoms with E-state index in [2.05, 4.69) is 34.0 Å². The Labute approximate surface area is 244 Å². The summed E-state index contributed by atoms with van der Waals surface area (Å²) in [7, 11) is 1.71. The number of carbonyl (C=O) groups excluding carboxylic acids is 2. The maximum atomic E-state index is 13.9. The smallest absolute Gasteiger partial charge is 0.408 e. The SMILES string of the molecule is C[C@H]([C@@H](OCc1cccc(I)c1)c1ccccc1)N(C)C(=O)[C@H](Cc1cccc(O)c1)NC(=O)OC(C)(C)C. The van der Waals surface area contributed by atoms with Gasteiger partial charge in [-0.15, -0.1) is 0 Å². The van der Waals surface area contributed by atoms with E-state index < -0.39 is 23.8 Å². The van der Waals surface area contributed by atoms with Gasteiger partial charge in [0.15, 0.2) is 0 Å². The van der Waals surface area contributed by atoms with Gasteiger partial charge in [-0.05, 0) is 91.2 Å². The van der Waals surface area contributed by atoms with E-state index >= 15 is 0 Å². The van der Waals surface area contributed by atoms with E-state index in [0.29, 0.717) is 12.2 Å². The molecule has 0 fully saturated rings. The Morgan fingerprint density at radius 1 is 0.974 bits per heavy atom. The van der Waals surface area contributed by atoms with Crippen molar-refractivity contribution in [1.82, 2.24) is 10.2 Å². The monoisotopic (exact) mass is 644 g/mol. The van der Waals surface area contributed by atoms with Gasteiger partial charge in [-0.2, -0.15) is 0 Å². The Kier molecular flexibility index (Phi) is 10.8. The highest BCUT2D eigenvalue weighted by molar-refractivity contribution is 14.1. The van der Waals surface area contributed by atoms with Gasteiger partial charge in [-0.3, -0.25) is 4.79 Å². The van der Waals surface area contributed by atoms with Crippen LogP contribution in [0, 0.1) is 3.57 Å². The Hall–Kier alpha value is -3.11. The molecular formula is C31H37IN2O5. The highest BCUT2D eigenvalue weighted by Crippen LogP contribution is 2.27. The summed E-state index contributed by atoms with van der Waals surface area (Å²) in [5, 5.41) is 12.7. The molecule has 0 aliphatic heterocycles. The second-order valence-electron chi connectivity index (χ2n) is 10.5. The molecule has 3 aromatic carbocycles. The van der Waals surface area contributed by atoms with Crippen molar-refractivity contribution in [2.45, 2.75) is 64.5 Å². The number of nitrogens with zero attached hydrogens (tertiary/aromatic N) is 1. The van der Waals surface area contributed by atoms with Gasteiger partial charge >= 0.3 is 6.09 Å². The van der Waals surface area contributed by atoms with Gasteiger partial charge < -0.3 is 24.8 Å². The zero-order valence-electron chi connectivity index (χ0n) is 23.1. The number of alkyl carbamates (subject to hydrolysis) is 1. The number of halogens is 1. The van der Waals surface area contributed by atoms with Gasteiger partial charge in [0.25, 0.3) is 0 Å². The number of aromatic hydroxyl groups is 1. The van der Waals surface area contributed by atoms with E-state index in [1.807, 2.05) is 55.5 Å². The van der Waals surface area contributed by atoms with E-state index in [1.165, 1.54) is 0 Å². The Morgan fingerprint density at radius 3 is 2.28 bits per heavy atom. The lowest BCUT2D eigenvalue weighted by Gasteiger charge is -2.35. The fourth-order valence-electron chi connectivity index (χ4n) is 4.19. The van der Waals surface area contributed by atoms with Gasteiger partial charge in [0, 0.05) is 17.0 Å². The third kappa shape index (κ3) is 9.54. The average Bonchev–Trinajstić information content (AvgIpc) is 2.87. The number of carbonyl (C=O) groups is 2. The molecule has 7 nitrogen and oxygen atoms in total. The van der Waals surface area contributed by atoms with Gasteiger partial charge in [0.1, 0.15) is 23.5 Å². The number of phenolic OH excluding ortho intramolecular Hbond substituents is 1. The molecular weight excluding hydrogens is 607 g/mol. The minimum atomic E-state index is -0.916. The van der Waals surface area contributed by atoms with Crippen LogP contribution in [0.3, 0.4) is 0 Å². The first-order valence-electron chi connectivity index (χ1n) is 12.9. The van der Waals surface area contributed by atoms with Crippen molar-refractivity contribution in [3.63, 3.8) is 0 Å². The zero-order valence-corrected chi connectivity index (χ0v) is 25.2. The maximum Gasteiger partial charge on any atom is 0.408 e. The molecule has 0 aliphatic rings. The first-order valence-corrected chi connectivity index (χ1v) is 14.0. The predicted octanol–water partition coefficient (Wildman–Crippen LogP) is 6.24. The van der Waals surface area contributed by atoms with Crippen LogP contribution in [-0.4, -0.2) is 46.7 Å². The number of benzene rings is 3. The quantitative estimate of drug-likeness (QED) is 0.256. The third-order valence-electron chi connectivity index (χ3n) is 6.18. The van der Waals surface area contributed by atoms with Crippen molar-refractivity contribution in [2.24, 2.45) is 0 Å². The highest BCUT2D eigenvalue weighted by Gasteiger charge is 2.33. The molecule has 3 aromatic rings. The molecule has 39 heavy (non-hydrogen) atoms. The molecule has 0 saturated carbocycles. The molecule has 0 saturated heterocycles.